The van der Waals surface area contributed by atoms with Crippen LogP contribution in [0.4, 0.5) is 0 Å². The molecule has 0 bridgehead atoms. The highest BCUT2D eigenvalue weighted by Gasteiger charge is 2.23. The summed E-state index contributed by atoms with van der Waals surface area (Å²) in [6.07, 6.45) is 4.99. The summed E-state index contributed by atoms with van der Waals surface area (Å²) >= 11 is 0. The highest BCUT2D eigenvalue weighted by atomic mass is 16.6. The Balaban J connectivity index is 1.74. The summed E-state index contributed by atoms with van der Waals surface area (Å²) in [5.41, 5.74) is 10.2. The first kappa shape index (κ1) is 12.6. The fraction of sp³-hybridized carbons (Fsp3) is 0.571. The van der Waals surface area contributed by atoms with Gasteiger partial charge in [-0.3, -0.25) is 4.84 Å². The van der Waals surface area contributed by atoms with Crippen LogP contribution in [-0.4, -0.2) is 12.6 Å². The van der Waals surface area contributed by atoms with E-state index in [4.69, 9.17) is 10.6 Å². The third kappa shape index (κ3) is 3.80. The van der Waals surface area contributed by atoms with E-state index < -0.39 is 0 Å². The lowest BCUT2D eigenvalue weighted by Crippen LogP contribution is -2.41. The smallest absolute Gasteiger partial charge is 0.0933 e. The predicted octanol–water partition coefficient (Wildman–Crippen LogP) is 2.23. The number of hydroxylamine groups is 1. The van der Waals surface area contributed by atoms with Crippen molar-refractivity contribution in [2.75, 3.05) is 6.54 Å². The minimum absolute atomic E-state index is 0.428. The Morgan fingerprint density at radius 3 is 2.71 bits per heavy atom. The van der Waals surface area contributed by atoms with E-state index in [0.29, 0.717) is 18.6 Å². The molecule has 1 fully saturated rings. The average molecular weight is 234 g/mol. The second-order valence-corrected chi connectivity index (χ2v) is 4.78. The van der Waals surface area contributed by atoms with Gasteiger partial charge in [0.15, 0.2) is 0 Å². The van der Waals surface area contributed by atoms with Crippen LogP contribution >= 0.6 is 0 Å². The van der Waals surface area contributed by atoms with E-state index in [1.807, 2.05) is 18.2 Å². The molecule has 0 heterocycles. The molecule has 0 radical (unpaired) electrons. The third-order valence-corrected chi connectivity index (χ3v) is 3.53. The normalized spacial score (nSPS) is 24.8. The van der Waals surface area contributed by atoms with Gasteiger partial charge in [0.1, 0.15) is 0 Å². The van der Waals surface area contributed by atoms with Gasteiger partial charge in [-0.25, -0.2) is 0 Å². The zero-order valence-corrected chi connectivity index (χ0v) is 10.3. The Morgan fingerprint density at radius 2 is 1.94 bits per heavy atom. The summed E-state index contributed by atoms with van der Waals surface area (Å²) in [7, 11) is 0. The van der Waals surface area contributed by atoms with Gasteiger partial charge in [0.25, 0.3) is 0 Å². The number of nitrogens with one attached hydrogen (secondary N) is 1. The van der Waals surface area contributed by atoms with Crippen LogP contribution in [0.25, 0.3) is 0 Å². The van der Waals surface area contributed by atoms with E-state index in [0.717, 1.165) is 6.54 Å². The lowest BCUT2D eigenvalue weighted by atomic mass is 9.85. The van der Waals surface area contributed by atoms with Crippen LogP contribution in [-0.2, 0) is 11.4 Å². The van der Waals surface area contributed by atoms with Gasteiger partial charge in [0, 0.05) is 6.04 Å². The monoisotopic (exact) mass is 234 g/mol. The molecule has 94 valence electrons. The van der Waals surface area contributed by atoms with E-state index in [-0.39, 0.29) is 0 Å². The molecular weight excluding hydrogens is 212 g/mol. The molecule has 2 atom stereocenters. The van der Waals surface area contributed by atoms with Crippen LogP contribution in [0, 0.1) is 5.92 Å². The topological polar surface area (TPSA) is 47.3 Å². The van der Waals surface area contributed by atoms with Gasteiger partial charge in [-0.2, -0.15) is 5.48 Å². The third-order valence-electron chi connectivity index (χ3n) is 3.53. The predicted molar refractivity (Wildman–Crippen MR) is 69.2 cm³/mol. The van der Waals surface area contributed by atoms with E-state index in [1.165, 1.54) is 31.2 Å². The van der Waals surface area contributed by atoms with Gasteiger partial charge in [-0.1, -0.05) is 43.2 Å². The molecule has 2 rings (SSSR count). The van der Waals surface area contributed by atoms with Crippen molar-refractivity contribution in [3.05, 3.63) is 35.9 Å². The highest BCUT2D eigenvalue weighted by Crippen LogP contribution is 2.23. The molecule has 0 saturated heterocycles. The molecule has 2 unspecified atom stereocenters. The number of nitrogens with two attached hydrogens (primary N) is 1. The van der Waals surface area contributed by atoms with Gasteiger partial charge in [-0.05, 0) is 30.9 Å². The SMILES string of the molecule is NCC1CCCCC1NOCc1ccccc1. The molecule has 0 aliphatic heterocycles. The summed E-state index contributed by atoms with van der Waals surface area (Å²) in [5.74, 6) is 0.569. The molecule has 17 heavy (non-hydrogen) atoms. The number of rotatable bonds is 5. The van der Waals surface area contributed by atoms with Gasteiger partial charge >= 0.3 is 0 Å². The van der Waals surface area contributed by atoms with E-state index in [9.17, 15) is 0 Å². The fourth-order valence-electron chi connectivity index (χ4n) is 2.45. The molecule has 0 amide bonds. The molecule has 0 aromatic heterocycles. The van der Waals surface area contributed by atoms with Gasteiger partial charge in [0.05, 0.1) is 6.61 Å². The zero-order valence-electron chi connectivity index (χ0n) is 10.3. The Bertz CT molecular complexity index is 315. The fourth-order valence-corrected chi connectivity index (χ4v) is 2.45. The van der Waals surface area contributed by atoms with Crippen molar-refractivity contribution in [1.29, 1.82) is 0 Å². The standard InChI is InChI=1S/C14H22N2O/c15-10-13-8-4-5-9-14(13)16-17-11-12-6-2-1-3-7-12/h1-3,6-7,13-14,16H,4-5,8-11,15H2. The van der Waals surface area contributed by atoms with E-state index >= 15 is 0 Å². The van der Waals surface area contributed by atoms with Crippen molar-refractivity contribution in [2.45, 2.75) is 38.3 Å². The van der Waals surface area contributed by atoms with Crippen molar-refractivity contribution in [2.24, 2.45) is 11.7 Å². The molecule has 3 heteroatoms. The Hall–Kier alpha value is -0.900. The maximum atomic E-state index is 5.78. The Labute approximate surface area is 103 Å². The summed E-state index contributed by atoms with van der Waals surface area (Å²) in [5, 5.41) is 0. The first-order valence-electron chi connectivity index (χ1n) is 6.51. The van der Waals surface area contributed by atoms with Crippen molar-refractivity contribution >= 4 is 0 Å². The van der Waals surface area contributed by atoms with Crippen LogP contribution in [0.2, 0.25) is 0 Å². The maximum absolute atomic E-state index is 5.78. The highest BCUT2D eigenvalue weighted by molar-refractivity contribution is 5.13. The van der Waals surface area contributed by atoms with Gasteiger partial charge in [0.2, 0.25) is 0 Å². The molecule has 3 N–H and O–H groups in total. The molecule has 3 nitrogen and oxygen atoms in total. The second-order valence-electron chi connectivity index (χ2n) is 4.78. The van der Waals surface area contributed by atoms with Crippen molar-refractivity contribution in [1.82, 2.24) is 5.48 Å². The van der Waals surface area contributed by atoms with Crippen LogP contribution in [0.15, 0.2) is 30.3 Å². The first-order valence-corrected chi connectivity index (χ1v) is 6.51. The van der Waals surface area contributed by atoms with Crippen molar-refractivity contribution in [3.63, 3.8) is 0 Å². The largest absolute Gasteiger partial charge is 0.330 e. The number of hydrogen-bond donors (Lipinski definition) is 2. The van der Waals surface area contributed by atoms with Crippen LogP contribution in [0.5, 0.6) is 0 Å². The Kier molecular flexibility index (Phi) is 4.98. The van der Waals surface area contributed by atoms with Crippen LogP contribution in [0.3, 0.4) is 0 Å². The zero-order chi connectivity index (χ0) is 11.9. The minimum Gasteiger partial charge on any atom is -0.330 e. The Morgan fingerprint density at radius 1 is 1.18 bits per heavy atom. The number of benzene rings is 1. The molecule has 1 saturated carbocycles. The van der Waals surface area contributed by atoms with Crippen molar-refractivity contribution in [3.8, 4) is 0 Å². The maximum Gasteiger partial charge on any atom is 0.0933 e. The first-order chi connectivity index (χ1) is 8.40. The lowest BCUT2D eigenvalue weighted by molar-refractivity contribution is -0.0186. The quantitative estimate of drug-likeness (QED) is 0.768. The van der Waals surface area contributed by atoms with E-state index in [1.54, 1.807) is 0 Å². The molecular formula is C14H22N2O. The van der Waals surface area contributed by atoms with Gasteiger partial charge < -0.3 is 5.73 Å². The van der Waals surface area contributed by atoms with Crippen molar-refractivity contribution < 1.29 is 4.84 Å². The second kappa shape index (κ2) is 6.74. The number of hydrogen-bond acceptors (Lipinski definition) is 3. The van der Waals surface area contributed by atoms with Crippen LogP contribution in [0.1, 0.15) is 31.2 Å². The van der Waals surface area contributed by atoms with Gasteiger partial charge in [-0.15, -0.1) is 0 Å². The minimum atomic E-state index is 0.428. The molecule has 1 aromatic rings. The summed E-state index contributed by atoms with van der Waals surface area (Å²) in [6, 6.07) is 10.6. The molecule has 1 aromatic carbocycles. The molecule has 1 aliphatic carbocycles. The average Bonchev–Trinajstić information content (AvgIpc) is 2.40. The molecule has 0 spiro atoms. The summed E-state index contributed by atoms with van der Waals surface area (Å²) < 4.78 is 0. The summed E-state index contributed by atoms with van der Waals surface area (Å²) in [6.45, 7) is 1.38. The van der Waals surface area contributed by atoms with E-state index in [2.05, 4.69) is 17.6 Å². The van der Waals surface area contributed by atoms with Crippen LogP contribution < -0.4 is 11.2 Å². The molecule has 1 aliphatic rings. The lowest BCUT2D eigenvalue weighted by Gasteiger charge is -2.30. The summed E-state index contributed by atoms with van der Waals surface area (Å²) in [4.78, 5) is 5.59.